The molecule has 3 rings (SSSR count). The molecule has 0 saturated carbocycles. The Hall–Kier alpha value is -3.34. The lowest BCUT2D eigenvalue weighted by Gasteiger charge is -2.16. The fourth-order valence-corrected chi connectivity index (χ4v) is 2.80. The molecule has 0 unspecified atom stereocenters. The molecule has 0 aliphatic heterocycles. The number of aromatic hydroxyl groups is 1. The molecule has 0 radical (unpaired) electrons. The summed E-state index contributed by atoms with van der Waals surface area (Å²) in [5.41, 5.74) is 2.25. The minimum Gasteiger partial charge on any atom is -0.507 e. The highest BCUT2D eigenvalue weighted by atomic mass is 16.6. The second kappa shape index (κ2) is 7.70. The molecule has 1 N–H and O–H groups in total. The number of hydrogen-bond donors (Lipinski definition) is 1. The van der Waals surface area contributed by atoms with Gasteiger partial charge in [0.25, 0.3) is 5.56 Å². The zero-order valence-electron chi connectivity index (χ0n) is 14.7. The quantitative estimate of drug-likeness (QED) is 0.560. The van der Waals surface area contributed by atoms with Gasteiger partial charge in [-0.1, -0.05) is 53.7 Å². The predicted octanol–water partition coefficient (Wildman–Crippen LogP) is 3.97. The standard InChI is InChI=1S/C21H20N2O3/c1-3-26-22-15(2)20-19(24)14-18(16-10-6-4-7-11-16)23(21(20)25)17-12-8-5-9-13-17/h4-14,24H,3H2,1-2H3/b22-15+. The van der Waals surface area contributed by atoms with E-state index in [0.717, 1.165) is 5.56 Å². The van der Waals surface area contributed by atoms with Crippen molar-refractivity contribution in [2.75, 3.05) is 6.61 Å². The third-order valence-electron chi connectivity index (χ3n) is 3.96. The zero-order chi connectivity index (χ0) is 18.5. The molecule has 132 valence electrons. The van der Waals surface area contributed by atoms with Gasteiger partial charge in [0.05, 0.1) is 11.4 Å². The Kier molecular flexibility index (Phi) is 5.17. The molecule has 0 atom stereocenters. The Morgan fingerprint density at radius 1 is 1.08 bits per heavy atom. The number of rotatable bonds is 5. The van der Waals surface area contributed by atoms with Gasteiger partial charge in [-0.25, -0.2) is 0 Å². The second-order valence-electron chi connectivity index (χ2n) is 5.73. The fraction of sp³-hybridized carbons (Fsp3) is 0.143. The van der Waals surface area contributed by atoms with Gasteiger partial charge in [0.1, 0.15) is 17.9 Å². The van der Waals surface area contributed by atoms with Crippen LogP contribution in [0.4, 0.5) is 0 Å². The van der Waals surface area contributed by atoms with E-state index in [4.69, 9.17) is 4.84 Å². The van der Waals surface area contributed by atoms with Gasteiger partial charge >= 0.3 is 0 Å². The Bertz CT molecular complexity index is 977. The van der Waals surface area contributed by atoms with Crippen molar-refractivity contribution in [1.29, 1.82) is 0 Å². The largest absolute Gasteiger partial charge is 0.507 e. The number of pyridine rings is 1. The summed E-state index contributed by atoms with van der Waals surface area (Å²) < 4.78 is 1.58. The highest BCUT2D eigenvalue weighted by molar-refractivity contribution is 6.00. The van der Waals surface area contributed by atoms with Gasteiger partial charge in [0.2, 0.25) is 0 Å². The molecular weight excluding hydrogens is 328 g/mol. The summed E-state index contributed by atoms with van der Waals surface area (Å²) >= 11 is 0. The SMILES string of the molecule is CCO/N=C(\C)c1c(O)cc(-c2ccccc2)n(-c2ccccc2)c1=O. The van der Waals surface area contributed by atoms with E-state index in [-0.39, 0.29) is 16.9 Å². The molecule has 0 fully saturated rings. The lowest BCUT2D eigenvalue weighted by molar-refractivity contribution is 0.159. The van der Waals surface area contributed by atoms with Crippen LogP contribution in [0.25, 0.3) is 16.9 Å². The van der Waals surface area contributed by atoms with E-state index in [2.05, 4.69) is 5.16 Å². The molecule has 5 nitrogen and oxygen atoms in total. The van der Waals surface area contributed by atoms with E-state index in [1.54, 1.807) is 24.5 Å². The summed E-state index contributed by atoms with van der Waals surface area (Å²) in [7, 11) is 0. The zero-order valence-corrected chi connectivity index (χ0v) is 14.7. The van der Waals surface area contributed by atoms with Crippen molar-refractivity contribution in [1.82, 2.24) is 4.57 Å². The summed E-state index contributed by atoms with van der Waals surface area (Å²) in [5, 5.41) is 14.4. The van der Waals surface area contributed by atoms with Crippen LogP contribution < -0.4 is 5.56 Å². The first kappa shape index (κ1) is 17.5. The van der Waals surface area contributed by atoms with Crippen LogP contribution in [0, 0.1) is 0 Å². The number of para-hydroxylation sites is 1. The van der Waals surface area contributed by atoms with Crippen molar-refractivity contribution in [2.24, 2.45) is 5.16 Å². The first-order chi connectivity index (χ1) is 12.6. The second-order valence-corrected chi connectivity index (χ2v) is 5.73. The third kappa shape index (κ3) is 3.37. The van der Waals surface area contributed by atoms with Crippen LogP contribution in [0.5, 0.6) is 5.75 Å². The van der Waals surface area contributed by atoms with Crippen LogP contribution in [0.3, 0.4) is 0 Å². The van der Waals surface area contributed by atoms with Crippen molar-refractivity contribution in [3.8, 4) is 22.7 Å². The third-order valence-corrected chi connectivity index (χ3v) is 3.96. The van der Waals surface area contributed by atoms with Gasteiger partial charge in [-0.05, 0) is 31.5 Å². The van der Waals surface area contributed by atoms with E-state index in [1.165, 1.54) is 0 Å². The average Bonchev–Trinajstić information content (AvgIpc) is 2.67. The molecule has 0 amide bonds. The van der Waals surface area contributed by atoms with E-state index in [1.807, 2.05) is 60.7 Å². The predicted molar refractivity (Wildman–Crippen MR) is 103 cm³/mol. The Labute approximate surface area is 151 Å². The van der Waals surface area contributed by atoms with Crippen molar-refractivity contribution < 1.29 is 9.94 Å². The molecule has 0 aliphatic rings. The Balaban J connectivity index is 2.32. The van der Waals surface area contributed by atoms with Gasteiger partial charge < -0.3 is 9.94 Å². The molecule has 1 heterocycles. The van der Waals surface area contributed by atoms with E-state index >= 15 is 0 Å². The molecule has 5 heteroatoms. The van der Waals surface area contributed by atoms with E-state index in [9.17, 15) is 9.90 Å². The van der Waals surface area contributed by atoms with Crippen molar-refractivity contribution in [3.63, 3.8) is 0 Å². The van der Waals surface area contributed by atoms with Gasteiger partial charge in [-0.3, -0.25) is 9.36 Å². The maximum Gasteiger partial charge on any atom is 0.268 e. The van der Waals surface area contributed by atoms with Crippen molar-refractivity contribution in [3.05, 3.63) is 82.6 Å². The monoisotopic (exact) mass is 348 g/mol. The molecule has 0 bridgehead atoms. The molecular formula is C21H20N2O3. The molecule has 2 aromatic carbocycles. The summed E-state index contributed by atoms with van der Waals surface area (Å²) in [4.78, 5) is 18.3. The maximum atomic E-state index is 13.3. The number of nitrogens with zero attached hydrogens (tertiary/aromatic N) is 2. The molecule has 0 spiro atoms. The topological polar surface area (TPSA) is 63.8 Å². The van der Waals surface area contributed by atoms with Crippen LogP contribution in [0.15, 0.2) is 76.7 Å². The van der Waals surface area contributed by atoms with Gasteiger partial charge in [0, 0.05) is 11.8 Å². The highest BCUT2D eigenvalue weighted by Gasteiger charge is 2.19. The number of hydrogen-bond acceptors (Lipinski definition) is 4. The smallest absolute Gasteiger partial charge is 0.268 e. The minimum absolute atomic E-state index is 0.123. The van der Waals surface area contributed by atoms with E-state index in [0.29, 0.717) is 23.7 Å². The van der Waals surface area contributed by atoms with Crippen LogP contribution in [-0.4, -0.2) is 22.0 Å². The van der Waals surface area contributed by atoms with Gasteiger partial charge in [0.15, 0.2) is 0 Å². The lowest BCUT2D eigenvalue weighted by Crippen LogP contribution is -2.26. The summed E-state index contributed by atoms with van der Waals surface area (Å²) in [6.07, 6.45) is 0. The van der Waals surface area contributed by atoms with Crippen LogP contribution >= 0.6 is 0 Å². The van der Waals surface area contributed by atoms with Crippen LogP contribution in [-0.2, 0) is 4.84 Å². The first-order valence-corrected chi connectivity index (χ1v) is 8.40. The van der Waals surface area contributed by atoms with Crippen LogP contribution in [0.1, 0.15) is 19.4 Å². The normalized spacial score (nSPS) is 11.4. The van der Waals surface area contributed by atoms with Crippen molar-refractivity contribution >= 4 is 5.71 Å². The molecule has 0 saturated heterocycles. The van der Waals surface area contributed by atoms with Gasteiger partial charge in [-0.15, -0.1) is 0 Å². The molecule has 3 aromatic rings. The number of oxime groups is 1. The fourth-order valence-electron chi connectivity index (χ4n) is 2.80. The summed E-state index contributed by atoms with van der Waals surface area (Å²) in [6, 6.07) is 20.4. The molecule has 1 aromatic heterocycles. The van der Waals surface area contributed by atoms with Gasteiger partial charge in [-0.2, -0.15) is 0 Å². The molecule has 0 aliphatic carbocycles. The number of aromatic nitrogens is 1. The Morgan fingerprint density at radius 2 is 1.69 bits per heavy atom. The first-order valence-electron chi connectivity index (χ1n) is 8.40. The maximum absolute atomic E-state index is 13.3. The van der Waals surface area contributed by atoms with Crippen LogP contribution in [0.2, 0.25) is 0 Å². The average molecular weight is 348 g/mol. The van der Waals surface area contributed by atoms with E-state index < -0.39 is 0 Å². The Morgan fingerprint density at radius 3 is 2.31 bits per heavy atom. The number of benzene rings is 2. The molecule has 26 heavy (non-hydrogen) atoms. The minimum atomic E-state index is -0.351. The van der Waals surface area contributed by atoms with Crippen molar-refractivity contribution in [2.45, 2.75) is 13.8 Å². The summed E-state index contributed by atoms with van der Waals surface area (Å²) in [5.74, 6) is -0.123. The summed E-state index contributed by atoms with van der Waals surface area (Å²) in [6.45, 7) is 3.83. The lowest BCUT2D eigenvalue weighted by atomic mass is 10.1. The highest BCUT2D eigenvalue weighted by Crippen LogP contribution is 2.27.